The van der Waals surface area contributed by atoms with Gasteiger partial charge in [0.2, 0.25) is 0 Å². The minimum absolute atomic E-state index is 0.372. The summed E-state index contributed by atoms with van der Waals surface area (Å²) in [7, 11) is 1.54. The second kappa shape index (κ2) is 4.03. The average Bonchev–Trinajstić information content (AvgIpc) is 2.17. The third-order valence-electron chi connectivity index (χ3n) is 2.12. The van der Waals surface area contributed by atoms with Gasteiger partial charge < -0.3 is 4.74 Å². The van der Waals surface area contributed by atoms with Gasteiger partial charge in [0.05, 0.1) is 7.11 Å². The number of hydrogen-bond acceptors (Lipinski definition) is 3. The molecule has 0 atom stereocenters. The van der Waals surface area contributed by atoms with E-state index < -0.39 is 0 Å². The van der Waals surface area contributed by atoms with Gasteiger partial charge in [0.1, 0.15) is 11.4 Å². The first kappa shape index (κ1) is 9.71. The smallest absolute Gasteiger partial charge is 0.150 e. The highest BCUT2D eigenvalue weighted by molar-refractivity contribution is 5.56. The van der Waals surface area contributed by atoms with Crippen LogP contribution in [-0.2, 0) is 6.42 Å². The van der Waals surface area contributed by atoms with Crippen molar-refractivity contribution in [3.05, 3.63) is 28.2 Å². The van der Waals surface area contributed by atoms with Gasteiger partial charge in [0.15, 0.2) is 0 Å². The monoisotopic (exact) mass is 179 g/mol. The maximum atomic E-state index is 10.4. The highest BCUT2D eigenvalue weighted by atomic mass is 16.5. The molecule has 0 aromatic heterocycles. The Kier molecular flexibility index (Phi) is 3.01. The Balaban J connectivity index is 3.26. The van der Waals surface area contributed by atoms with Gasteiger partial charge in [-0.15, -0.1) is 4.91 Å². The Bertz CT molecular complexity index is 321. The molecule has 0 bridgehead atoms. The summed E-state index contributed by atoms with van der Waals surface area (Å²) in [5.74, 6) is 0.553. The molecule has 70 valence electrons. The van der Waals surface area contributed by atoms with Crippen LogP contribution in [0, 0.1) is 11.8 Å². The zero-order chi connectivity index (χ0) is 9.84. The van der Waals surface area contributed by atoms with Gasteiger partial charge in [0, 0.05) is 0 Å². The number of benzene rings is 1. The Labute approximate surface area is 77.7 Å². The summed E-state index contributed by atoms with van der Waals surface area (Å²) in [6, 6.07) is 3.62. The first-order valence-corrected chi connectivity index (χ1v) is 4.23. The molecule has 0 spiro atoms. The summed E-state index contributed by atoms with van der Waals surface area (Å²) >= 11 is 0. The largest absolute Gasteiger partial charge is 0.494 e. The molecule has 0 aliphatic heterocycles. The number of nitroso groups, excluding NO2 is 1. The molecular formula is C10H13NO2. The highest BCUT2D eigenvalue weighted by Gasteiger charge is 2.06. The van der Waals surface area contributed by atoms with Crippen LogP contribution in [0.2, 0.25) is 0 Å². The summed E-state index contributed by atoms with van der Waals surface area (Å²) < 4.78 is 5.04. The normalized spacial score (nSPS) is 9.77. The van der Waals surface area contributed by atoms with Crippen LogP contribution in [0.3, 0.4) is 0 Å². The molecule has 13 heavy (non-hydrogen) atoms. The lowest BCUT2D eigenvalue weighted by atomic mass is 10.1. The van der Waals surface area contributed by atoms with Crippen molar-refractivity contribution in [1.29, 1.82) is 0 Å². The van der Waals surface area contributed by atoms with Gasteiger partial charge in [-0.3, -0.25) is 0 Å². The number of ether oxygens (including phenoxy) is 1. The molecule has 0 aliphatic carbocycles. The summed E-state index contributed by atoms with van der Waals surface area (Å²) in [6.07, 6.45) is 0.932. The van der Waals surface area contributed by atoms with Crippen LogP contribution in [-0.4, -0.2) is 7.11 Å². The van der Waals surface area contributed by atoms with Crippen molar-refractivity contribution in [3.63, 3.8) is 0 Å². The molecule has 1 aromatic rings. The van der Waals surface area contributed by atoms with E-state index in [4.69, 9.17) is 4.74 Å². The van der Waals surface area contributed by atoms with Crippen molar-refractivity contribution in [2.45, 2.75) is 20.3 Å². The van der Waals surface area contributed by atoms with Gasteiger partial charge in [-0.1, -0.05) is 6.92 Å². The van der Waals surface area contributed by atoms with Crippen LogP contribution in [0.15, 0.2) is 17.3 Å². The molecule has 0 amide bonds. The fourth-order valence-corrected chi connectivity index (χ4v) is 1.33. The molecule has 0 saturated heterocycles. The van der Waals surface area contributed by atoms with E-state index in [2.05, 4.69) is 12.1 Å². The third kappa shape index (κ3) is 1.86. The van der Waals surface area contributed by atoms with Crippen LogP contribution in [0.4, 0.5) is 5.69 Å². The molecular weight excluding hydrogens is 166 g/mol. The van der Waals surface area contributed by atoms with Crippen molar-refractivity contribution in [1.82, 2.24) is 0 Å². The maximum absolute atomic E-state index is 10.4. The molecule has 3 heteroatoms. The topological polar surface area (TPSA) is 38.7 Å². The van der Waals surface area contributed by atoms with Gasteiger partial charge in [0.25, 0.3) is 0 Å². The van der Waals surface area contributed by atoms with E-state index in [0.717, 1.165) is 12.0 Å². The highest BCUT2D eigenvalue weighted by Crippen LogP contribution is 2.30. The lowest BCUT2D eigenvalue weighted by Gasteiger charge is -2.07. The van der Waals surface area contributed by atoms with E-state index in [1.165, 1.54) is 5.56 Å². The van der Waals surface area contributed by atoms with Crippen molar-refractivity contribution >= 4 is 5.69 Å². The maximum Gasteiger partial charge on any atom is 0.150 e. The second-order valence-electron chi connectivity index (χ2n) is 2.90. The van der Waals surface area contributed by atoms with Crippen molar-refractivity contribution in [3.8, 4) is 5.75 Å². The first-order chi connectivity index (χ1) is 6.22. The molecule has 0 unspecified atom stereocenters. The molecule has 0 radical (unpaired) electrons. The summed E-state index contributed by atoms with van der Waals surface area (Å²) in [4.78, 5) is 10.4. The Morgan fingerprint density at radius 1 is 1.46 bits per heavy atom. The van der Waals surface area contributed by atoms with Crippen molar-refractivity contribution in [2.24, 2.45) is 5.18 Å². The van der Waals surface area contributed by atoms with Crippen LogP contribution in [0.25, 0.3) is 0 Å². The van der Waals surface area contributed by atoms with E-state index in [9.17, 15) is 4.91 Å². The Hall–Kier alpha value is -1.38. The molecule has 1 aromatic carbocycles. The SMILES string of the molecule is CCc1cc(OC)c(N=O)cc1C. The van der Waals surface area contributed by atoms with Crippen molar-refractivity contribution < 1.29 is 4.74 Å². The standard InChI is InChI=1S/C10H13NO2/c1-4-8-6-10(13-3)9(11-12)5-7(8)2/h5-6H,4H2,1-3H3. The van der Waals surface area contributed by atoms with E-state index in [-0.39, 0.29) is 0 Å². The lowest BCUT2D eigenvalue weighted by molar-refractivity contribution is 0.415. The Morgan fingerprint density at radius 3 is 2.62 bits per heavy atom. The molecule has 0 N–H and O–H groups in total. The first-order valence-electron chi connectivity index (χ1n) is 4.23. The predicted molar refractivity (Wildman–Crippen MR) is 52.6 cm³/mol. The molecule has 0 heterocycles. The molecule has 0 fully saturated rings. The summed E-state index contributed by atoms with van der Waals surface area (Å²) in [5, 5.41) is 2.90. The minimum atomic E-state index is 0.372. The summed E-state index contributed by atoms with van der Waals surface area (Å²) in [6.45, 7) is 4.03. The van der Waals surface area contributed by atoms with Gasteiger partial charge >= 0.3 is 0 Å². The van der Waals surface area contributed by atoms with Crippen LogP contribution in [0.1, 0.15) is 18.1 Å². The van der Waals surface area contributed by atoms with E-state index in [1.807, 2.05) is 13.0 Å². The third-order valence-corrected chi connectivity index (χ3v) is 2.12. The average molecular weight is 179 g/mol. The van der Waals surface area contributed by atoms with Crippen molar-refractivity contribution in [2.75, 3.05) is 7.11 Å². The number of hydrogen-bond donors (Lipinski definition) is 0. The molecule has 0 aliphatic rings. The van der Waals surface area contributed by atoms with Gasteiger partial charge in [-0.2, -0.15) is 0 Å². The number of methoxy groups -OCH3 is 1. The lowest BCUT2D eigenvalue weighted by Crippen LogP contribution is -1.90. The van der Waals surface area contributed by atoms with E-state index in [1.54, 1.807) is 13.2 Å². The van der Waals surface area contributed by atoms with Crippen LogP contribution >= 0.6 is 0 Å². The van der Waals surface area contributed by atoms with Crippen LogP contribution < -0.4 is 4.74 Å². The second-order valence-corrected chi connectivity index (χ2v) is 2.90. The quantitative estimate of drug-likeness (QED) is 0.669. The fraction of sp³-hybridized carbons (Fsp3) is 0.400. The number of aryl methyl sites for hydroxylation is 2. The molecule has 0 saturated carbocycles. The van der Waals surface area contributed by atoms with E-state index in [0.29, 0.717) is 11.4 Å². The number of nitrogens with zero attached hydrogens (tertiary/aromatic N) is 1. The molecule has 3 nitrogen and oxygen atoms in total. The number of rotatable bonds is 3. The van der Waals surface area contributed by atoms with Gasteiger partial charge in [-0.25, -0.2) is 0 Å². The molecule has 1 rings (SSSR count). The van der Waals surface area contributed by atoms with E-state index >= 15 is 0 Å². The zero-order valence-electron chi connectivity index (χ0n) is 8.13. The fourth-order valence-electron chi connectivity index (χ4n) is 1.33. The Morgan fingerprint density at radius 2 is 2.15 bits per heavy atom. The zero-order valence-corrected chi connectivity index (χ0v) is 8.13. The minimum Gasteiger partial charge on any atom is -0.494 e. The van der Waals surface area contributed by atoms with Crippen LogP contribution in [0.5, 0.6) is 5.75 Å². The predicted octanol–water partition coefficient (Wildman–Crippen LogP) is 2.96. The van der Waals surface area contributed by atoms with Gasteiger partial charge in [-0.05, 0) is 41.8 Å². The summed E-state index contributed by atoms with van der Waals surface area (Å²) in [5.41, 5.74) is 2.64.